The quantitative estimate of drug-likeness (QED) is 0.701. The number of hydrogen-bond acceptors (Lipinski definition) is 6. The Balaban J connectivity index is 1.63. The van der Waals surface area contributed by atoms with Gasteiger partial charge < -0.3 is 0 Å². The van der Waals surface area contributed by atoms with Gasteiger partial charge in [0.1, 0.15) is 5.78 Å². The molecule has 2 aliphatic carbocycles. The van der Waals surface area contributed by atoms with Crippen molar-refractivity contribution in [1.29, 1.82) is 0 Å². The highest BCUT2D eigenvalue weighted by Crippen LogP contribution is 2.63. The molecule has 0 spiro atoms. The fourth-order valence-electron chi connectivity index (χ4n) is 3.98. The summed E-state index contributed by atoms with van der Waals surface area (Å²) in [6.45, 7) is 4.06. The second-order valence-corrected chi connectivity index (χ2v) is 7.58. The fraction of sp³-hybridized carbons (Fsp3) is 0.786. The van der Waals surface area contributed by atoms with Crippen LogP contribution in [0, 0.1) is 16.7 Å². The lowest BCUT2D eigenvalue weighted by atomic mass is 9.69. The van der Waals surface area contributed by atoms with Crippen molar-refractivity contribution in [2.24, 2.45) is 16.7 Å². The standard InChI is InChI=1S/C14H19NO6S/c1-13(2)9-5-6-14(13,10(16)7-9)8-20-22(19)21-15-11(17)3-4-12(15)18/h9H,3-8H2,1-2H3. The molecule has 3 unspecified atom stereocenters. The Morgan fingerprint density at radius 3 is 2.36 bits per heavy atom. The Labute approximate surface area is 131 Å². The van der Waals surface area contributed by atoms with Gasteiger partial charge in [0.25, 0.3) is 11.8 Å². The number of amides is 2. The summed E-state index contributed by atoms with van der Waals surface area (Å²) in [6, 6.07) is 0. The third kappa shape index (κ3) is 2.16. The average Bonchev–Trinajstić information content (AvgIpc) is 2.96. The molecule has 3 atom stereocenters. The van der Waals surface area contributed by atoms with Crippen molar-refractivity contribution in [3.8, 4) is 0 Å². The van der Waals surface area contributed by atoms with Crippen LogP contribution in [0.15, 0.2) is 0 Å². The van der Waals surface area contributed by atoms with Crippen LogP contribution < -0.4 is 0 Å². The zero-order valence-corrected chi connectivity index (χ0v) is 13.4. The number of imide groups is 1. The van der Waals surface area contributed by atoms with Crippen molar-refractivity contribution in [3.63, 3.8) is 0 Å². The second kappa shape index (κ2) is 5.21. The van der Waals surface area contributed by atoms with Gasteiger partial charge in [0.05, 0.1) is 12.0 Å². The normalized spacial score (nSPS) is 34.7. The van der Waals surface area contributed by atoms with Gasteiger partial charge in [-0.25, -0.2) is 0 Å². The van der Waals surface area contributed by atoms with Gasteiger partial charge >= 0.3 is 11.4 Å². The van der Waals surface area contributed by atoms with E-state index in [1.54, 1.807) is 0 Å². The molecule has 2 saturated carbocycles. The fourth-order valence-corrected chi connectivity index (χ4v) is 4.61. The highest BCUT2D eigenvalue weighted by molar-refractivity contribution is 7.75. The molecule has 1 heterocycles. The van der Waals surface area contributed by atoms with Crippen LogP contribution in [0.5, 0.6) is 0 Å². The second-order valence-electron chi connectivity index (χ2n) is 6.79. The third-order valence-corrected chi connectivity index (χ3v) is 6.26. The van der Waals surface area contributed by atoms with E-state index in [9.17, 15) is 18.6 Å². The molecule has 0 aromatic carbocycles. The first-order valence-electron chi connectivity index (χ1n) is 7.40. The average molecular weight is 329 g/mol. The molecule has 3 fully saturated rings. The van der Waals surface area contributed by atoms with Gasteiger partial charge in [0.15, 0.2) is 0 Å². The van der Waals surface area contributed by atoms with Crippen molar-refractivity contribution in [1.82, 2.24) is 5.06 Å². The lowest BCUT2D eigenvalue weighted by Crippen LogP contribution is -2.41. The number of fused-ring (bicyclic) bond motifs is 2. The lowest BCUT2D eigenvalue weighted by Gasteiger charge is -2.35. The van der Waals surface area contributed by atoms with E-state index in [2.05, 4.69) is 0 Å². The van der Waals surface area contributed by atoms with E-state index < -0.39 is 28.6 Å². The molecule has 22 heavy (non-hydrogen) atoms. The molecule has 7 nitrogen and oxygen atoms in total. The summed E-state index contributed by atoms with van der Waals surface area (Å²) in [5.41, 5.74) is -0.844. The molecule has 8 heteroatoms. The highest BCUT2D eigenvalue weighted by atomic mass is 32.2. The lowest BCUT2D eigenvalue weighted by molar-refractivity contribution is -0.164. The maximum Gasteiger partial charge on any atom is 0.328 e. The predicted octanol–water partition coefficient (Wildman–Crippen LogP) is 1.06. The van der Waals surface area contributed by atoms with Crippen LogP contribution in [-0.4, -0.2) is 33.5 Å². The summed E-state index contributed by atoms with van der Waals surface area (Å²) >= 11 is -2.27. The van der Waals surface area contributed by atoms with Gasteiger partial charge in [0, 0.05) is 19.3 Å². The van der Waals surface area contributed by atoms with Crippen LogP contribution in [0.4, 0.5) is 0 Å². The molecule has 0 aromatic heterocycles. The Bertz CT molecular complexity index is 558. The number of Topliss-reactive ketones (excluding diaryl/α,β-unsaturated/α-hetero) is 1. The van der Waals surface area contributed by atoms with Crippen LogP contribution >= 0.6 is 0 Å². The first-order chi connectivity index (χ1) is 10.3. The van der Waals surface area contributed by atoms with Crippen LogP contribution in [0.3, 0.4) is 0 Å². The van der Waals surface area contributed by atoms with E-state index in [1.165, 1.54) is 0 Å². The number of carbonyl (C=O) groups is 3. The van der Waals surface area contributed by atoms with Gasteiger partial charge in [-0.05, 0) is 24.2 Å². The number of hydrogen-bond donors (Lipinski definition) is 0. The summed E-state index contributed by atoms with van der Waals surface area (Å²) < 4.78 is 21.8. The van der Waals surface area contributed by atoms with Crippen molar-refractivity contribution in [2.45, 2.75) is 46.0 Å². The molecule has 2 bridgehead atoms. The summed E-state index contributed by atoms with van der Waals surface area (Å²) in [7, 11) is 0. The zero-order valence-electron chi connectivity index (χ0n) is 12.6. The Morgan fingerprint density at radius 1 is 1.23 bits per heavy atom. The van der Waals surface area contributed by atoms with Gasteiger partial charge in [-0.3, -0.25) is 18.6 Å². The minimum atomic E-state index is -2.27. The molecular weight excluding hydrogens is 310 g/mol. The minimum Gasteiger partial charge on any atom is -0.299 e. The summed E-state index contributed by atoms with van der Waals surface area (Å²) in [4.78, 5) is 35.1. The highest BCUT2D eigenvalue weighted by Gasteiger charge is 2.64. The third-order valence-electron chi connectivity index (χ3n) is 5.68. The Kier molecular flexibility index (Phi) is 3.73. The van der Waals surface area contributed by atoms with Gasteiger partial charge in [-0.1, -0.05) is 13.8 Å². The van der Waals surface area contributed by atoms with Crippen molar-refractivity contribution in [2.75, 3.05) is 6.61 Å². The molecule has 3 rings (SSSR count). The molecule has 1 aliphatic heterocycles. The van der Waals surface area contributed by atoms with Crippen LogP contribution in [0.2, 0.25) is 0 Å². The molecule has 2 amide bonds. The maximum absolute atomic E-state index is 12.3. The Hall–Kier alpha value is -1.12. The van der Waals surface area contributed by atoms with E-state index in [-0.39, 0.29) is 30.6 Å². The van der Waals surface area contributed by atoms with E-state index >= 15 is 0 Å². The van der Waals surface area contributed by atoms with Crippen molar-refractivity contribution >= 4 is 29.0 Å². The van der Waals surface area contributed by atoms with Gasteiger partial charge in [-0.2, -0.15) is 4.21 Å². The van der Waals surface area contributed by atoms with Crippen molar-refractivity contribution < 1.29 is 27.1 Å². The number of carbonyl (C=O) groups excluding carboxylic acids is 3. The first kappa shape index (κ1) is 15.8. The van der Waals surface area contributed by atoms with E-state index in [4.69, 9.17) is 8.47 Å². The Morgan fingerprint density at radius 2 is 1.86 bits per heavy atom. The van der Waals surface area contributed by atoms with Crippen LogP contribution in [0.1, 0.15) is 46.0 Å². The maximum atomic E-state index is 12.3. The molecule has 0 aromatic rings. The minimum absolute atomic E-state index is 0.0157. The van der Waals surface area contributed by atoms with Gasteiger partial charge in [0.2, 0.25) is 0 Å². The smallest absolute Gasteiger partial charge is 0.299 e. The van der Waals surface area contributed by atoms with E-state index in [0.29, 0.717) is 23.8 Å². The zero-order chi connectivity index (χ0) is 16.1. The van der Waals surface area contributed by atoms with Crippen molar-refractivity contribution in [3.05, 3.63) is 0 Å². The number of ketones is 1. The largest absolute Gasteiger partial charge is 0.328 e. The summed E-state index contributed by atoms with van der Waals surface area (Å²) in [6.07, 6.45) is 2.30. The van der Waals surface area contributed by atoms with Crippen LogP contribution in [-0.2, 0) is 34.2 Å². The van der Waals surface area contributed by atoms with Crippen LogP contribution in [0.25, 0.3) is 0 Å². The summed E-state index contributed by atoms with van der Waals surface area (Å²) in [5.74, 6) is -0.588. The number of rotatable bonds is 5. The molecule has 0 N–H and O–H groups in total. The monoisotopic (exact) mass is 329 g/mol. The molecule has 0 radical (unpaired) electrons. The molecule has 122 valence electrons. The topological polar surface area (TPSA) is 90.0 Å². The summed E-state index contributed by atoms with van der Waals surface area (Å²) in [5, 5.41) is 0.493. The molecule has 1 saturated heterocycles. The number of hydroxylamine groups is 2. The first-order valence-corrected chi connectivity index (χ1v) is 8.40. The van der Waals surface area contributed by atoms with Gasteiger partial charge in [-0.15, -0.1) is 9.35 Å². The SMILES string of the molecule is CC1(C)C2CCC1(COS(=O)ON1C(=O)CCC1=O)C(=O)C2. The molecular formula is C14H19NO6S. The number of nitrogens with zero attached hydrogens (tertiary/aromatic N) is 1. The van der Waals surface area contributed by atoms with E-state index in [1.807, 2.05) is 13.8 Å². The predicted molar refractivity (Wildman–Crippen MR) is 74.8 cm³/mol. The molecule has 3 aliphatic rings. The van der Waals surface area contributed by atoms with E-state index in [0.717, 1.165) is 6.42 Å².